The number of rotatable bonds is 6. The van der Waals surface area contributed by atoms with Crippen molar-refractivity contribution in [2.45, 2.75) is 38.8 Å². The highest BCUT2D eigenvalue weighted by molar-refractivity contribution is 6.31. The second-order valence-electron chi connectivity index (χ2n) is 4.66. The molecular formula is C13H20ClFN2O. The minimum Gasteiger partial charge on any atom is -0.374 e. The average Bonchev–Trinajstić information content (AvgIpc) is 2.28. The molecule has 0 bridgehead atoms. The van der Waals surface area contributed by atoms with Crippen molar-refractivity contribution < 1.29 is 9.13 Å². The van der Waals surface area contributed by atoms with Gasteiger partial charge in [-0.2, -0.15) is 0 Å². The lowest BCUT2D eigenvalue weighted by atomic mass is 9.92. The highest BCUT2D eigenvalue weighted by Crippen LogP contribution is 2.24. The molecule has 0 aliphatic heterocycles. The number of hydrogen-bond donors (Lipinski definition) is 2. The van der Waals surface area contributed by atoms with Crippen LogP contribution in [0.2, 0.25) is 5.02 Å². The Bertz CT molecular complexity index is 378. The van der Waals surface area contributed by atoms with Crippen molar-refractivity contribution in [2.75, 3.05) is 6.61 Å². The van der Waals surface area contributed by atoms with Gasteiger partial charge in [-0.1, -0.05) is 17.7 Å². The molecule has 3 nitrogen and oxygen atoms in total. The van der Waals surface area contributed by atoms with Crippen molar-refractivity contribution in [1.29, 1.82) is 0 Å². The Labute approximate surface area is 112 Å². The topological polar surface area (TPSA) is 47.3 Å². The van der Waals surface area contributed by atoms with Gasteiger partial charge in [0.2, 0.25) is 0 Å². The minimum absolute atomic E-state index is 0.230. The van der Waals surface area contributed by atoms with E-state index in [4.69, 9.17) is 22.2 Å². The first-order valence-electron chi connectivity index (χ1n) is 5.95. The molecule has 1 aromatic carbocycles. The van der Waals surface area contributed by atoms with Gasteiger partial charge in [0, 0.05) is 17.2 Å². The van der Waals surface area contributed by atoms with Gasteiger partial charge < -0.3 is 4.74 Å². The van der Waals surface area contributed by atoms with Gasteiger partial charge in [-0.25, -0.2) is 4.39 Å². The van der Waals surface area contributed by atoms with E-state index in [1.165, 1.54) is 6.07 Å². The summed E-state index contributed by atoms with van der Waals surface area (Å²) in [5, 5.41) is 0.405. The predicted octanol–water partition coefficient (Wildman–Crippen LogP) is 2.67. The normalized spacial score (nSPS) is 13.7. The maximum absolute atomic E-state index is 13.7. The summed E-state index contributed by atoms with van der Waals surface area (Å²) in [6.07, 6.45) is 0.370. The summed E-state index contributed by atoms with van der Waals surface area (Å²) in [6.45, 7) is 6.30. The Kier molecular flexibility index (Phi) is 5.53. The van der Waals surface area contributed by atoms with Crippen LogP contribution in [-0.4, -0.2) is 18.2 Å². The molecule has 0 amide bonds. The Morgan fingerprint density at radius 1 is 1.50 bits per heavy atom. The summed E-state index contributed by atoms with van der Waals surface area (Å²) in [7, 11) is 0. The van der Waals surface area contributed by atoms with Gasteiger partial charge in [0.15, 0.2) is 0 Å². The number of nitrogens with two attached hydrogens (primary N) is 1. The molecule has 0 fully saturated rings. The Balaban J connectivity index is 2.93. The van der Waals surface area contributed by atoms with Gasteiger partial charge in [-0.3, -0.25) is 11.3 Å². The smallest absolute Gasteiger partial charge is 0.127 e. The van der Waals surface area contributed by atoms with Crippen LogP contribution in [0.1, 0.15) is 26.3 Å². The third-order valence-corrected chi connectivity index (χ3v) is 3.38. The molecular weight excluding hydrogens is 255 g/mol. The second-order valence-corrected chi connectivity index (χ2v) is 5.07. The highest BCUT2D eigenvalue weighted by atomic mass is 35.5. The maximum Gasteiger partial charge on any atom is 0.127 e. The third kappa shape index (κ3) is 3.65. The van der Waals surface area contributed by atoms with Crippen molar-refractivity contribution in [3.05, 3.63) is 34.6 Å². The van der Waals surface area contributed by atoms with Crippen LogP contribution >= 0.6 is 11.6 Å². The standard InChI is InChI=1S/C13H20ClFN2O/c1-4-18-13(2,3)12(17-16)8-9-10(14)6-5-7-11(9)15/h5-7,12,17H,4,8,16H2,1-3H3. The van der Waals surface area contributed by atoms with Gasteiger partial charge in [0.05, 0.1) is 11.6 Å². The van der Waals surface area contributed by atoms with Crippen LogP contribution < -0.4 is 11.3 Å². The molecule has 1 unspecified atom stereocenters. The lowest BCUT2D eigenvalue weighted by Gasteiger charge is -2.34. The Morgan fingerprint density at radius 3 is 2.67 bits per heavy atom. The average molecular weight is 275 g/mol. The molecule has 1 rings (SSSR count). The van der Waals surface area contributed by atoms with Crippen LogP contribution in [0.3, 0.4) is 0 Å². The van der Waals surface area contributed by atoms with Crippen LogP contribution in [0, 0.1) is 5.82 Å². The van der Waals surface area contributed by atoms with E-state index < -0.39 is 5.60 Å². The van der Waals surface area contributed by atoms with E-state index in [1.807, 2.05) is 20.8 Å². The fourth-order valence-electron chi connectivity index (χ4n) is 1.91. The van der Waals surface area contributed by atoms with Crippen LogP contribution in [0.25, 0.3) is 0 Å². The Hall–Kier alpha value is -0.680. The quantitative estimate of drug-likeness (QED) is 0.619. The van der Waals surface area contributed by atoms with E-state index in [0.717, 1.165) is 0 Å². The predicted molar refractivity (Wildman–Crippen MR) is 71.9 cm³/mol. The molecule has 0 aliphatic carbocycles. The summed E-state index contributed by atoms with van der Waals surface area (Å²) >= 11 is 6.01. The molecule has 5 heteroatoms. The summed E-state index contributed by atoms with van der Waals surface area (Å²) in [5.41, 5.74) is 2.63. The number of ether oxygens (including phenoxy) is 1. The van der Waals surface area contributed by atoms with Crippen LogP contribution in [0.4, 0.5) is 4.39 Å². The van der Waals surface area contributed by atoms with Crippen LogP contribution in [0.15, 0.2) is 18.2 Å². The SMILES string of the molecule is CCOC(C)(C)C(Cc1c(F)cccc1Cl)NN. The van der Waals surface area contributed by atoms with E-state index >= 15 is 0 Å². The zero-order valence-electron chi connectivity index (χ0n) is 11.0. The van der Waals surface area contributed by atoms with Crippen LogP contribution in [0.5, 0.6) is 0 Å². The number of benzene rings is 1. The molecule has 3 N–H and O–H groups in total. The minimum atomic E-state index is -0.505. The number of hydrogen-bond acceptors (Lipinski definition) is 3. The molecule has 18 heavy (non-hydrogen) atoms. The number of nitrogens with one attached hydrogen (secondary N) is 1. The second kappa shape index (κ2) is 6.48. The van der Waals surface area contributed by atoms with E-state index in [9.17, 15) is 4.39 Å². The zero-order chi connectivity index (χ0) is 13.8. The van der Waals surface area contributed by atoms with Crippen molar-refractivity contribution >= 4 is 11.6 Å². The zero-order valence-corrected chi connectivity index (χ0v) is 11.7. The first kappa shape index (κ1) is 15.4. The lowest BCUT2D eigenvalue weighted by molar-refractivity contribution is -0.0382. The van der Waals surface area contributed by atoms with E-state index in [-0.39, 0.29) is 11.9 Å². The first-order chi connectivity index (χ1) is 8.42. The van der Waals surface area contributed by atoms with E-state index in [2.05, 4.69) is 5.43 Å². The molecule has 0 spiro atoms. The van der Waals surface area contributed by atoms with E-state index in [0.29, 0.717) is 23.6 Å². The largest absolute Gasteiger partial charge is 0.374 e. The van der Waals surface area contributed by atoms with Gasteiger partial charge in [0.25, 0.3) is 0 Å². The number of hydrazine groups is 1. The van der Waals surface area contributed by atoms with E-state index in [1.54, 1.807) is 12.1 Å². The van der Waals surface area contributed by atoms with Crippen molar-refractivity contribution in [3.63, 3.8) is 0 Å². The molecule has 0 saturated carbocycles. The summed E-state index contributed by atoms with van der Waals surface area (Å²) in [5.74, 6) is 5.22. The molecule has 0 aromatic heterocycles. The fourth-order valence-corrected chi connectivity index (χ4v) is 2.15. The lowest BCUT2D eigenvalue weighted by Crippen LogP contribution is -2.52. The Morgan fingerprint density at radius 2 is 2.17 bits per heavy atom. The fraction of sp³-hybridized carbons (Fsp3) is 0.538. The molecule has 102 valence electrons. The molecule has 0 saturated heterocycles. The molecule has 0 radical (unpaired) electrons. The van der Waals surface area contributed by atoms with Crippen molar-refractivity contribution in [2.24, 2.45) is 5.84 Å². The summed E-state index contributed by atoms with van der Waals surface area (Å²) in [6, 6.07) is 4.41. The summed E-state index contributed by atoms with van der Waals surface area (Å²) in [4.78, 5) is 0. The van der Waals surface area contributed by atoms with Gasteiger partial charge in [0.1, 0.15) is 5.82 Å². The third-order valence-electron chi connectivity index (χ3n) is 3.03. The number of halogens is 2. The first-order valence-corrected chi connectivity index (χ1v) is 6.33. The molecule has 1 atom stereocenters. The van der Waals surface area contributed by atoms with Gasteiger partial charge in [-0.05, 0) is 39.3 Å². The molecule has 0 aliphatic rings. The monoisotopic (exact) mass is 274 g/mol. The van der Waals surface area contributed by atoms with Crippen LogP contribution in [-0.2, 0) is 11.2 Å². The molecule has 0 heterocycles. The highest BCUT2D eigenvalue weighted by Gasteiger charge is 2.30. The maximum atomic E-state index is 13.7. The van der Waals surface area contributed by atoms with Gasteiger partial charge >= 0.3 is 0 Å². The van der Waals surface area contributed by atoms with Crippen molar-refractivity contribution in [3.8, 4) is 0 Å². The van der Waals surface area contributed by atoms with Crippen molar-refractivity contribution in [1.82, 2.24) is 5.43 Å². The van der Waals surface area contributed by atoms with Gasteiger partial charge in [-0.15, -0.1) is 0 Å². The molecule has 1 aromatic rings. The summed E-state index contributed by atoms with van der Waals surface area (Å²) < 4.78 is 19.4.